The van der Waals surface area contributed by atoms with Crippen LogP contribution in [0, 0.1) is 11.7 Å². The zero-order valence-electron chi connectivity index (χ0n) is 9.95. The van der Waals surface area contributed by atoms with Gasteiger partial charge in [0.05, 0.1) is 12.1 Å². The van der Waals surface area contributed by atoms with E-state index in [1.54, 1.807) is 0 Å². The van der Waals surface area contributed by atoms with Crippen LogP contribution in [0.15, 0.2) is 24.3 Å². The summed E-state index contributed by atoms with van der Waals surface area (Å²) < 4.78 is 13.0. The molecule has 0 bridgehead atoms. The fourth-order valence-corrected chi connectivity index (χ4v) is 2.98. The molecule has 0 aromatic heterocycles. The van der Waals surface area contributed by atoms with Gasteiger partial charge < -0.3 is 9.74 Å². The van der Waals surface area contributed by atoms with Gasteiger partial charge in [0.2, 0.25) is 0 Å². The summed E-state index contributed by atoms with van der Waals surface area (Å²) in [5.41, 5.74) is 4.19. The fourth-order valence-electron chi connectivity index (χ4n) is 2.98. The maximum absolute atomic E-state index is 13.0. The van der Waals surface area contributed by atoms with Gasteiger partial charge in [-0.15, -0.1) is 0 Å². The summed E-state index contributed by atoms with van der Waals surface area (Å²) in [6.45, 7) is 2.77. The number of halogens is 1. The van der Waals surface area contributed by atoms with Crippen LogP contribution in [0.2, 0.25) is 0 Å². The smallest absolute Gasteiger partial charge is 0.123 e. The van der Waals surface area contributed by atoms with Crippen molar-refractivity contribution in [2.45, 2.75) is 12.0 Å². The highest BCUT2D eigenvalue weighted by Crippen LogP contribution is 2.40. The van der Waals surface area contributed by atoms with Crippen LogP contribution in [0.4, 0.5) is 4.39 Å². The van der Waals surface area contributed by atoms with Crippen molar-refractivity contribution in [2.24, 2.45) is 5.92 Å². The van der Waals surface area contributed by atoms with Gasteiger partial charge in [-0.25, -0.2) is 4.39 Å². The summed E-state index contributed by atoms with van der Waals surface area (Å²) in [7, 11) is 2.13. The van der Waals surface area contributed by atoms with Crippen LogP contribution in [-0.4, -0.2) is 31.6 Å². The first kappa shape index (κ1) is 11.1. The van der Waals surface area contributed by atoms with E-state index in [-0.39, 0.29) is 11.4 Å². The first-order valence-electron chi connectivity index (χ1n) is 6.04. The lowest BCUT2D eigenvalue weighted by Gasteiger charge is -2.41. The fraction of sp³-hybridized carbons (Fsp3) is 0.538. The predicted octanol–water partition coefficient (Wildman–Crippen LogP) is 1.51. The van der Waals surface area contributed by atoms with Gasteiger partial charge in [0.1, 0.15) is 5.82 Å². The molecule has 3 nitrogen and oxygen atoms in total. The van der Waals surface area contributed by atoms with Crippen molar-refractivity contribution in [3.63, 3.8) is 0 Å². The van der Waals surface area contributed by atoms with Crippen molar-refractivity contribution < 1.29 is 9.23 Å². The molecule has 2 saturated heterocycles. The summed E-state index contributed by atoms with van der Waals surface area (Å²) in [6.07, 6.45) is 1.000. The number of hydrogen-bond acceptors (Lipinski definition) is 3. The zero-order chi connectivity index (χ0) is 11.9. The number of hydroxylamine groups is 1. The molecule has 3 rings (SSSR count). The number of piperidine rings is 1. The van der Waals surface area contributed by atoms with Crippen molar-refractivity contribution in [2.75, 3.05) is 26.7 Å². The second-order valence-corrected chi connectivity index (χ2v) is 5.10. The average Bonchev–Trinajstić information content (AvgIpc) is 2.74. The standard InChI is InChI=1S/C13H17FN2O/c1-16-7-6-13(11(8-16)9-17-15-13)10-2-4-12(14)5-3-10/h2-5,11,15H,6-9H2,1H3. The Morgan fingerprint density at radius 3 is 2.94 bits per heavy atom. The van der Waals surface area contributed by atoms with Crippen molar-refractivity contribution in [1.82, 2.24) is 10.4 Å². The van der Waals surface area contributed by atoms with E-state index in [0.29, 0.717) is 5.92 Å². The van der Waals surface area contributed by atoms with E-state index < -0.39 is 0 Å². The van der Waals surface area contributed by atoms with Crippen molar-refractivity contribution in [3.05, 3.63) is 35.6 Å². The van der Waals surface area contributed by atoms with Gasteiger partial charge in [-0.1, -0.05) is 12.1 Å². The first-order valence-corrected chi connectivity index (χ1v) is 6.04. The summed E-state index contributed by atoms with van der Waals surface area (Å²) in [5.74, 6) is 0.250. The van der Waals surface area contributed by atoms with Crippen LogP contribution in [-0.2, 0) is 10.4 Å². The van der Waals surface area contributed by atoms with E-state index in [4.69, 9.17) is 4.84 Å². The Bertz CT molecular complexity index is 408. The molecule has 4 heteroatoms. The molecule has 92 valence electrons. The highest BCUT2D eigenvalue weighted by molar-refractivity contribution is 5.28. The Morgan fingerprint density at radius 2 is 2.18 bits per heavy atom. The number of hydrogen-bond donors (Lipinski definition) is 1. The van der Waals surface area contributed by atoms with Gasteiger partial charge in [-0.05, 0) is 31.2 Å². The van der Waals surface area contributed by atoms with Crippen LogP contribution >= 0.6 is 0 Å². The quantitative estimate of drug-likeness (QED) is 0.800. The van der Waals surface area contributed by atoms with Gasteiger partial charge in [0.15, 0.2) is 0 Å². The molecule has 2 fully saturated rings. The highest BCUT2D eigenvalue weighted by atomic mass is 19.1. The third-order valence-electron chi connectivity index (χ3n) is 4.02. The Kier molecular flexibility index (Phi) is 2.65. The number of fused-ring (bicyclic) bond motifs is 1. The van der Waals surface area contributed by atoms with Crippen LogP contribution in [0.1, 0.15) is 12.0 Å². The lowest BCUT2D eigenvalue weighted by molar-refractivity contribution is 0.0492. The molecular formula is C13H17FN2O. The van der Waals surface area contributed by atoms with Gasteiger partial charge in [0.25, 0.3) is 0 Å². The van der Waals surface area contributed by atoms with Gasteiger partial charge in [-0.3, -0.25) is 0 Å². The van der Waals surface area contributed by atoms with Crippen molar-refractivity contribution >= 4 is 0 Å². The molecule has 0 radical (unpaired) electrons. The molecule has 0 amide bonds. The highest BCUT2D eigenvalue weighted by Gasteiger charge is 2.48. The molecule has 2 aliphatic heterocycles. The number of nitrogens with zero attached hydrogens (tertiary/aromatic N) is 1. The van der Waals surface area contributed by atoms with E-state index in [9.17, 15) is 4.39 Å². The van der Waals surface area contributed by atoms with E-state index in [1.807, 2.05) is 12.1 Å². The number of rotatable bonds is 1. The minimum atomic E-state index is -0.187. The molecule has 17 heavy (non-hydrogen) atoms. The Morgan fingerprint density at radius 1 is 1.41 bits per heavy atom. The molecule has 1 N–H and O–H groups in total. The first-order chi connectivity index (χ1) is 8.21. The SMILES string of the molecule is CN1CCC2(c3ccc(F)cc3)NOCC2C1. The molecule has 2 atom stereocenters. The maximum atomic E-state index is 13.0. The van der Waals surface area contributed by atoms with E-state index >= 15 is 0 Å². The van der Waals surface area contributed by atoms with Crippen molar-refractivity contribution in [3.8, 4) is 0 Å². The summed E-state index contributed by atoms with van der Waals surface area (Å²) in [4.78, 5) is 7.78. The second kappa shape index (κ2) is 4.05. The van der Waals surface area contributed by atoms with Gasteiger partial charge >= 0.3 is 0 Å². The number of nitrogens with one attached hydrogen (secondary N) is 1. The third-order valence-corrected chi connectivity index (χ3v) is 4.02. The lowest BCUT2D eigenvalue weighted by atomic mass is 9.75. The monoisotopic (exact) mass is 236 g/mol. The molecule has 0 spiro atoms. The number of likely N-dealkylation sites (tertiary alicyclic amines) is 1. The van der Waals surface area contributed by atoms with Crippen LogP contribution < -0.4 is 5.48 Å². The van der Waals surface area contributed by atoms with Gasteiger partial charge in [-0.2, -0.15) is 5.48 Å². The molecule has 2 unspecified atom stereocenters. The summed E-state index contributed by atoms with van der Waals surface area (Å²) in [6, 6.07) is 6.80. The largest absolute Gasteiger partial charge is 0.306 e. The molecule has 0 aliphatic carbocycles. The summed E-state index contributed by atoms with van der Waals surface area (Å²) >= 11 is 0. The lowest BCUT2D eigenvalue weighted by Crippen LogP contribution is -2.51. The molecule has 1 aromatic carbocycles. The van der Waals surface area contributed by atoms with Crippen LogP contribution in [0.5, 0.6) is 0 Å². The minimum absolute atomic E-state index is 0.125. The maximum Gasteiger partial charge on any atom is 0.123 e. The Labute approximate surface area is 101 Å². The van der Waals surface area contributed by atoms with E-state index in [1.165, 1.54) is 12.1 Å². The van der Waals surface area contributed by atoms with Crippen LogP contribution in [0.25, 0.3) is 0 Å². The zero-order valence-corrected chi connectivity index (χ0v) is 9.95. The topological polar surface area (TPSA) is 24.5 Å². The van der Waals surface area contributed by atoms with E-state index in [2.05, 4.69) is 17.4 Å². The number of benzene rings is 1. The van der Waals surface area contributed by atoms with E-state index in [0.717, 1.165) is 31.7 Å². The normalized spacial score (nSPS) is 33.6. The average molecular weight is 236 g/mol. The van der Waals surface area contributed by atoms with Crippen molar-refractivity contribution in [1.29, 1.82) is 0 Å². The molecule has 0 saturated carbocycles. The van der Waals surface area contributed by atoms with Gasteiger partial charge in [0, 0.05) is 19.0 Å². The molecule has 2 heterocycles. The molecule has 2 aliphatic rings. The molecule has 1 aromatic rings. The summed E-state index contributed by atoms with van der Waals surface area (Å²) in [5, 5.41) is 0. The second-order valence-electron chi connectivity index (χ2n) is 5.10. The Balaban J connectivity index is 1.96. The Hall–Kier alpha value is -0.970. The minimum Gasteiger partial charge on any atom is -0.306 e. The third kappa shape index (κ3) is 1.76. The molecular weight excluding hydrogens is 219 g/mol. The predicted molar refractivity (Wildman–Crippen MR) is 62.8 cm³/mol. The van der Waals surface area contributed by atoms with Crippen LogP contribution in [0.3, 0.4) is 0 Å².